The second-order valence-electron chi connectivity index (χ2n) is 7.52. The van der Waals surface area contributed by atoms with Crippen molar-refractivity contribution in [3.63, 3.8) is 0 Å². The van der Waals surface area contributed by atoms with Gasteiger partial charge in [-0.2, -0.15) is 4.99 Å². The number of aryl methyl sites for hydroxylation is 1. The SMILES string of the molecule is Cc1[nH]cnc1CNC(=O)c1ccc(NC(=O)C[C@@H]2SC(N3CCCC3)=NC2=O)cc1. The van der Waals surface area contributed by atoms with Crippen molar-refractivity contribution in [1.29, 1.82) is 0 Å². The van der Waals surface area contributed by atoms with Crippen molar-refractivity contribution in [2.75, 3.05) is 18.4 Å². The molecule has 0 saturated carbocycles. The van der Waals surface area contributed by atoms with Crippen LogP contribution in [0.15, 0.2) is 35.6 Å². The zero-order chi connectivity index (χ0) is 21.8. The molecule has 31 heavy (non-hydrogen) atoms. The third kappa shape index (κ3) is 5.13. The average molecular weight is 441 g/mol. The third-order valence-electron chi connectivity index (χ3n) is 5.26. The summed E-state index contributed by atoms with van der Waals surface area (Å²) in [5.41, 5.74) is 2.75. The van der Waals surface area contributed by atoms with Gasteiger partial charge in [0.25, 0.3) is 11.8 Å². The number of rotatable bonds is 6. The molecule has 3 heterocycles. The lowest BCUT2D eigenvalue weighted by Crippen LogP contribution is -2.25. The first-order valence-corrected chi connectivity index (χ1v) is 11.1. The molecule has 10 heteroatoms. The van der Waals surface area contributed by atoms with Gasteiger partial charge in [-0.25, -0.2) is 4.98 Å². The highest BCUT2D eigenvalue weighted by Crippen LogP contribution is 2.29. The molecule has 3 amide bonds. The van der Waals surface area contributed by atoms with E-state index in [9.17, 15) is 14.4 Å². The second-order valence-corrected chi connectivity index (χ2v) is 8.69. The molecule has 2 aromatic rings. The van der Waals surface area contributed by atoms with Gasteiger partial charge in [0.15, 0.2) is 5.17 Å². The lowest BCUT2D eigenvalue weighted by Gasteiger charge is -2.16. The van der Waals surface area contributed by atoms with Crippen molar-refractivity contribution >= 4 is 40.3 Å². The second kappa shape index (κ2) is 9.34. The Morgan fingerprint density at radius 2 is 1.97 bits per heavy atom. The first-order chi connectivity index (χ1) is 15.0. The zero-order valence-corrected chi connectivity index (χ0v) is 18.0. The number of amidine groups is 1. The Labute approximate surface area is 184 Å². The number of nitrogens with one attached hydrogen (secondary N) is 3. The molecule has 0 bridgehead atoms. The van der Waals surface area contributed by atoms with Crippen molar-refractivity contribution in [3.05, 3.63) is 47.5 Å². The van der Waals surface area contributed by atoms with E-state index in [1.54, 1.807) is 30.6 Å². The van der Waals surface area contributed by atoms with E-state index in [-0.39, 0.29) is 24.1 Å². The van der Waals surface area contributed by atoms with E-state index in [4.69, 9.17) is 0 Å². The Kier molecular flexibility index (Phi) is 6.36. The van der Waals surface area contributed by atoms with Crippen LogP contribution in [0, 0.1) is 6.92 Å². The van der Waals surface area contributed by atoms with E-state index in [0.717, 1.165) is 42.5 Å². The van der Waals surface area contributed by atoms with Crippen LogP contribution < -0.4 is 10.6 Å². The molecule has 3 N–H and O–H groups in total. The number of nitrogens with zero attached hydrogens (tertiary/aromatic N) is 3. The van der Waals surface area contributed by atoms with Gasteiger partial charge in [-0.05, 0) is 44.0 Å². The summed E-state index contributed by atoms with van der Waals surface area (Å²) in [4.78, 5) is 50.2. The van der Waals surface area contributed by atoms with Crippen LogP contribution in [0.3, 0.4) is 0 Å². The third-order valence-corrected chi connectivity index (χ3v) is 6.47. The summed E-state index contributed by atoms with van der Waals surface area (Å²) in [6.07, 6.45) is 3.87. The number of carbonyl (C=O) groups excluding carboxylic acids is 3. The Bertz CT molecular complexity index is 1010. The van der Waals surface area contributed by atoms with Crippen LogP contribution in [0.2, 0.25) is 0 Å². The van der Waals surface area contributed by atoms with Crippen molar-refractivity contribution in [2.24, 2.45) is 4.99 Å². The van der Waals surface area contributed by atoms with Gasteiger partial charge >= 0.3 is 0 Å². The summed E-state index contributed by atoms with van der Waals surface area (Å²) < 4.78 is 0. The Morgan fingerprint density at radius 1 is 1.23 bits per heavy atom. The molecule has 2 aliphatic heterocycles. The highest BCUT2D eigenvalue weighted by atomic mass is 32.2. The van der Waals surface area contributed by atoms with E-state index in [0.29, 0.717) is 17.8 Å². The number of likely N-dealkylation sites (tertiary alicyclic amines) is 1. The summed E-state index contributed by atoms with van der Waals surface area (Å²) in [6.45, 7) is 4.06. The standard InChI is InChI=1S/C21H24N6O3S/c1-13-16(24-12-23-13)11-22-19(29)14-4-6-15(7-5-14)25-18(28)10-17-20(30)26-21(31-17)27-8-2-3-9-27/h4-7,12,17H,2-3,8-11H2,1H3,(H,22,29)(H,23,24)(H,25,28)/t17-/m0/s1. The van der Waals surface area contributed by atoms with E-state index in [2.05, 4.69) is 30.5 Å². The molecule has 1 aromatic carbocycles. The fourth-order valence-corrected chi connectivity index (χ4v) is 4.59. The molecular formula is C21H24N6O3S. The number of hydrogen-bond acceptors (Lipinski definition) is 6. The molecule has 1 aromatic heterocycles. The zero-order valence-electron chi connectivity index (χ0n) is 17.2. The van der Waals surface area contributed by atoms with Gasteiger partial charge < -0.3 is 20.5 Å². The van der Waals surface area contributed by atoms with Crippen LogP contribution in [0.5, 0.6) is 0 Å². The lowest BCUT2D eigenvalue weighted by molar-refractivity contribution is -0.121. The minimum atomic E-state index is -0.480. The Hall–Kier alpha value is -3.14. The molecule has 9 nitrogen and oxygen atoms in total. The fourth-order valence-electron chi connectivity index (χ4n) is 3.47. The average Bonchev–Trinajstić information content (AvgIpc) is 3.49. The maximum atomic E-state index is 12.4. The van der Waals surface area contributed by atoms with Crippen LogP contribution >= 0.6 is 11.8 Å². The molecule has 162 valence electrons. The minimum absolute atomic E-state index is 0.0651. The predicted molar refractivity (Wildman–Crippen MR) is 119 cm³/mol. The number of H-pyrrole nitrogens is 1. The topological polar surface area (TPSA) is 120 Å². The van der Waals surface area contributed by atoms with Gasteiger partial charge in [0.05, 0.1) is 18.6 Å². The molecule has 1 fully saturated rings. The molecule has 1 saturated heterocycles. The first kappa shape index (κ1) is 21.1. The predicted octanol–water partition coefficient (Wildman–Crippen LogP) is 2.07. The molecule has 0 spiro atoms. The van der Waals surface area contributed by atoms with Gasteiger partial charge in [0.1, 0.15) is 5.25 Å². The van der Waals surface area contributed by atoms with Crippen molar-refractivity contribution in [1.82, 2.24) is 20.2 Å². The van der Waals surface area contributed by atoms with Gasteiger partial charge in [0.2, 0.25) is 5.91 Å². The van der Waals surface area contributed by atoms with Crippen LogP contribution in [0.1, 0.15) is 41.0 Å². The highest BCUT2D eigenvalue weighted by Gasteiger charge is 2.33. The first-order valence-electron chi connectivity index (χ1n) is 10.2. The van der Waals surface area contributed by atoms with E-state index < -0.39 is 5.25 Å². The van der Waals surface area contributed by atoms with Crippen molar-refractivity contribution in [3.8, 4) is 0 Å². The molecule has 4 rings (SSSR count). The summed E-state index contributed by atoms with van der Waals surface area (Å²) >= 11 is 1.37. The van der Waals surface area contributed by atoms with Crippen LogP contribution in [0.25, 0.3) is 0 Å². The summed E-state index contributed by atoms with van der Waals surface area (Å²) in [5, 5.41) is 5.86. The molecule has 0 aliphatic carbocycles. The molecule has 0 unspecified atom stereocenters. The number of carbonyl (C=O) groups is 3. The maximum absolute atomic E-state index is 12.4. The fraction of sp³-hybridized carbons (Fsp3) is 0.381. The highest BCUT2D eigenvalue weighted by molar-refractivity contribution is 8.15. The van der Waals surface area contributed by atoms with Crippen LogP contribution in [-0.4, -0.2) is 56.1 Å². The van der Waals surface area contributed by atoms with Crippen LogP contribution in [0.4, 0.5) is 5.69 Å². The number of benzene rings is 1. The monoisotopic (exact) mass is 440 g/mol. The Morgan fingerprint density at radius 3 is 2.65 bits per heavy atom. The van der Waals surface area contributed by atoms with Gasteiger partial charge in [-0.15, -0.1) is 0 Å². The number of thioether (sulfide) groups is 1. The summed E-state index contributed by atoms with van der Waals surface area (Å²) in [6, 6.07) is 6.63. The number of imidazole rings is 1. The number of aromatic nitrogens is 2. The van der Waals surface area contributed by atoms with Crippen LogP contribution in [-0.2, 0) is 16.1 Å². The normalized spacial score (nSPS) is 18.2. The molecule has 1 atom stereocenters. The molecular weight excluding hydrogens is 416 g/mol. The summed E-state index contributed by atoms with van der Waals surface area (Å²) in [7, 11) is 0. The van der Waals surface area contributed by atoms with Gasteiger partial charge in [0, 0.05) is 36.5 Å². The molecule has 2 aliphatic rings. The summed E-state index contributed by atoms with van der Waals surface area (Å²) in [5.74, 6) is -0.726. The lowest BCUT2D eigenvalue weighted by atomic mass is 10.2. The smallest absolute Gasteiger partial charge is 0.262 e. The number of anilines is 1. The molecule has 0 radical (unpaired) electrons. The van der Waals surface area contributed by atoms with E-state index >= 15 is 0 Å². The van der Waals surface area contributed by atoms with Gasteiger partial charge in [-0.1, -0.05) is 11.8 Å². The van der Waals surface area contributed by atoms with E-state index in [1.165, 1.54) is 11.8 Å². The number of hydrogen-bond donors (Lipinski definition) is 3. The largest absolute Gasteiger partial charge is 0.351 e. The van der Waals surface area contributed by atoms with Crippen molar-refractivity contribution < 1.29 is 14.4 Å². The Balaban J connectivity index is 1.26. The van der Waals surface area contributed by atoms with Gasteiger partial charge in [-0.3, -0.25) is 14.4 Å². The maximum Gasteiger partial charge on any atom is 0.262 e. The van der Waals surface area contributed by atoms with Crippen molar-refractivity contribution in [2.45, 2.75) is 38.0 Å². The van der Waals surface area contributed by atoms with E-state index in [1.807, 2.05) is 6.92 Å². The number of amides is 3. The quantitative estimate of drug-likeness (QED) is 0.633. The minimum Gasteiger partial charge on any atom is -0.351 e. The number of aromatic amines is 1. The number of aliphatic imine (C=N–C) groups is 1.